The highest BCUT2D eigenvalue weighted by Crippen LogP contribution is 2.23. The number of nitrogens with zero attached hydrogens (tertiary/aromatic N) is 2. The highest BCUT2D eigenvalue weighted by atomic mass is 35.5. The zero-order valence-corrected chi connectivity index (χ0v) is 15.7. The topological polar surface area (TPSA) is 56.2 Å². The number of halogens is 1. The van der Waals surface area contributed by atoms with Gasteiger partial charge in [-0.3, -0.25) is 9.36 Å². The number of benzene rings is 2. The van der Waals surface area contributed by atoms with Crippen molar-refractivity contribution in [2.45, 2.75) is 20.4 Å². The minimum atomic E-state index is -0.0723. The summed E-state index contributed by atoms with van der Waals surface area (Å²) in [5, 5.41) is 3.88. The van der Waals surface area contributed by atoms with Crippen molar-refractivity contribution in [3.63, 3.8) is 0 Å². The average Bonchev–Trinajstić information content (AvgIpc) is 2.64. The Morgan fingerprint density at radius 2 is 2.04 bits per heavy atom. The van der Waals surface area contributed by atoms with Gasteiger partial charge in [-0.15, -0.1) is 11.6 Å². The Balaban J connectivity index is 2.10. The average molecular weight is 372 g/mol. The van der Waals surface area contributed by atoms with Gasteiger partial charge in [0, 0.05) is 24.5 Å². The molecule has 26 heavy (non-hydrogen) atoms. The van der Waals surface area contributed by atoms with Crippen molar-refractivity contribution in [3.05, 3.63) is 64.2 Å². The first kappa shape index (κ1) is 18.4. The van der Waals surface area contributed by atoms with Gasteiger partial charge in [0.2, 0.25) is 0 Å². The van der Waals surface area contributed by atoms with Crippen LogP contribution in [0.15, 0.2) is 47.3 Å². The molecular formula is C20H22ClN3O2. The quantitative estimate of drug-likeness (QED) is 0.510. The molecule has 1 heterocycles. The van der Waals surface area contributed by atoms with Gasteiger partial charge in [-0.2, -0.15) is 0 Å². The number of para-hydroxylation sites is 1. The Morgan fingerprint density at radius 3 is 2.81 bits per heavy atom. The summed E-state index contributed by atoms with van der Waals surface area (Å²) in [5.74, 6) is 1.99. The van der Waals surface area contributed by atoms with Crippen LogP contribution in [0, 0.1) is 6.92 Å². The van der Waals surface area contributed by atoms with Crippen molar-refractivity contribution < 1.29 is 4.74 Å². The molecule has 1 aromatic heterocycles. The number of alkyl halides is 1. The van der Waals surface area contributed by atoms with E-state index in [1.807, 2.05) is 50.2 Å². The molecule has 0 spiro atoms. The van der Waals surface area contributed by atoms with Crippen LogP contribution in [0.25, 0.3) is 16.6 Å². The van der Waals surface area contributed by atoms with Gasteiger partial charge in [-0.05, 0) is 44.2 Å². The molecule has 5 nitrogen and oxygen atoms in total. The summed E-state index contributed by atoms with van der Waals surface area (Å²) < 4.78 is 7.36. The number of nitrogens with one attached hydrogen (secondary N) is 1. The summed E-state index contributed by atoms with van der Waals surface area (Å²) in [4.78, 5) is 17.6. The SMILES string of the molecule is CCOc1ccc(-n2c(C)nc3ccccc3c2=O)cc1CNCCCl. The number of aryl methyl sites for hydroxylation is 1. The molecule has 3 rings (SSSR count). The molecule has 0 fully saturated rings. The molecule has 136 valence electrons. The summed E-state index contributed by atoms with van der Waals surface area (Å²) in [6, 6.07) is 13.2. The Bertz CT molecular complexity index is 969. The van der Waals surface area contributed by atoms with E-state index in [1.165, 1.54) is 0 Å². The van der Waals surface area contributed by atoms with Crippen LogP contribution in [0.3, 0.4) is 0 Å². The van der Waals surface area contributed by atoms with Crippen LogP contribution in [-0.2, 0) is 6.54 Å². The third kappa shape index (κ3) is 3.74. The van der Waals surface area contributed by atoms with Crippen molar-refractivity contribution in [3.8, 4) is 11.4 Å². The summed E-state index contributed by atoms with van der Waals surface area (Å²) in [7, 11) is 0. The maximum Gasteiger partial charge on any atom is 0.265 e. The van der Waals surface area contributed by atoms with E-state index in [2.05, 4.69) is 10.3 Å². The van der Waals surface area contributed by atoms with Gasteiger partial charge >= 0.3 is 0 Å². The lowest BCUT2D eigenvalue weighted by atomic mass is 10.1. The van der Waals surface area contributed by atoms with E-state index in [0.29, 0.717) is 42.3 Å². The van der Waals surface area contributed by atoms with Gasteiger partial charge in [-0.1, -0.05) is 12.1 Å². The number of ether oxygens (including phenoxy) is 1. The summed E-state index contributed by atoms with van der Waals surface area (Å²) in [5.41, 5.74) is 2.39. The van der Waals surface area contributed by atoms with Crippen LogP contribution in [0.1, 0.15) is 18.3 Å². The van der Waals surface area contributed by atoms with E-state index >= 15 is 0 Å². The van der Waals surface area contributed by atoms with Crippen molar-refractivity contribution in [1.82, 2.24) is 14.9 Å². The molecule has 0 saturated heterocycles. The van der Waals surface area contributed by atoms with Gasteiger partial charge in [0.1, 0.15) is 11.6 Å². The van der Waals surface area contributed by atoms with E-state index in [4.69, 9.17) is 16.3 Å². The first-order chi connectivity index (χ1) is 12.7. The third-order valence-electron chi connectivity index (χ3n) is 4.13. The highest BCUT2D eigenvalue weighted by Gasteiger charge is 2.12. The van der Waals surface area contributed by atoms with Crippen molar-refractivity contribution in [2.24, 2.45) is 0 Å². The first-order valence-electron chi connectivity index (χ1n) is 8.67. The number of hydrogen-bond donors (Lipinski definition) is 1. The maximum absolute atomic E-state index is 13.0. The Morgan fingerprint density at radius 1 is 1.23 bits per heavy atom. The van der Waals surface area contributed by atoms with E-state index in [9.17, 15) is 4.79 Å². The van der Waals surface area contributed by atoms with Crippen LogP contribution in [-0.4, -0.2) is 28.6 Å². The predicted octanol–water partition coefficient (Wildman–Crippen LogP) is 3.42. The normalized spacial score (nSPS) is 11.0. The Labute approximate surface area is 157 Å². The van der Waals surface area contributed by atoms with Gasteiger partial charge in [-0.25, -0.2) is 4.98 Å². The monoisotopic (exact) mass is 371 g/mol. The van der Waals surface area contributed by atoms with Gasteiger partial charge in [0.25, 0.3) is 5.56 Å². The molecule has 0 bridgehead atoms. The molecule has 6 heteroatoms. The summed E-state index contributed by atoms with van der Waals surface area (Å²) in [6.07, 6.45) is 0. The number of rotatable bonds is 7. The Kier molecular flexibility index (Phi) is 5.91. The molecule has 1 N–H and O–H groups in total. The zero-order chi connectivity index (χ0) is 18.5. The molecule has 2 aromatic carbocycles. The third-order valence-corrected chi connectivity index (χ3v) is 4.32. The molecule has 0 atom stereocenters. The first-order valence-corrected chi connectivity index (χ1v) is 9.20. The van der Waals surface area contributed by atoms with Crippen LogP contribution in [0.2, 0.25) is 0 Å². The molecule has 0 unspecified atom stereocenters. The standard InChI is InChI=1S/C20H22ClN3O2/c1-3-26-19-9-8-16(12-15(19)13-22-11-10-21)24-14(2)23-18-7-5-4-6-17(18)20(24)25/h4-9,12,22H,3,10-11,13H2,1-2H3. The summed E-state index contributed by atoms with van der Waals surface area (Å²) >= 11 is 5.75. The number of fused-ring (bicyclic) bond motifs is 1. The van der Waals surface area contributed by atoms with Crippen LogP contribution in [0.4, 0.5) is 0 Å². The number of aromatic nitrogens is 2. The molecule has 0 aliphatic heterocycles. The van der Waals surface area contributed by atoms with E-state index < -0.39 is 0 Å². The molecule has 0 amide bonds. The lowest BCUT2D eigenvalue weighted by molar-refractivity contribution is 0.335. The second kappa shape index (κ2) is 8.34. The molecule has 3 aromatic rings. The molecule has 0 saturated carbocycles. The summed E-state index contributed by atoms with van der Waals surface area (Å²) in [6.45, 7) is 5.69. The van der Waals surface area contributed by atoms with E-state index in [1.54, 1.807) is 10.6 Å². The minimum absolute atomic E-state index is 0.0723. The molecule has 0 aliphatic carbocycles. The van der Waals surface area contributed by atoms with E-state index in [-0.39, 0.29) is 5.56 Å². The molecular weight excluding hydrogens is 350 g/mol. The minimum Gasteiger partial charge on any atom is -0.494 e. The molecule has 0 radical (unpaired) electrons. The second-order valence-corrected chi connectivity index (χ2v) is 6.29. The fourth-order valence-electron chi connectivity index (χ4n) is 2.98. The smallest absolute Gasteiger partial charge is 0.265 e. The van der Waals surface area contributed by atoms with Gasteiger partial charge in [0.05, 0.1) is 23.2 Å². The zero-order valence-electron chi connectivity index (χ0n) is 15.0. The second-order valence-electron chi connectivity index (χ2n) is 5.91. The van der Waals surface area contributed by atoms with E-state index in [0.717, 1.165) is 17.0 Å². The predicted molar refractivity (Wildman–Crippen MR) is 106 cm³/mol. The fourth-order valence-corrected chi connectivity index (χ4v) is 3.11. The lowest BCUT2D eigenvalue weighted by Gasteiger charge is -2.15. The van der Waals surface area contributed by atoms with Gasteiger partial charge in [0.15, 0.2) is 0 Å². The number of hydrogen-bond acceptors (Lipinski definition) is 4. The molecule has 0 aliphatic rings. The van der Waals surface area contributed by atoms with Crippen LogP contribution < -0.4 is 15.6 Å². The fraction of sp³-hybridized carbons (Fsp3) is 0.300. The van der Waals surface area contributed by atoms with Gasteiger partial charge < -0.3 is 10.1 Å². The van der Waals surface area contributed by atoms with Crippen molar-refractivity contribution in [2.75, 3.05) is 19.0 Å². The lowest BCUT2D eigenvalue weighted by Crippen LogP contribution is -2.23. The largest absolute Gasteiger partial charge is 0.494 e. The van der Waals surface area contributed by atoms with Crippen LogP contribution in [0.5, 0.6) is 5.75 Å². The van der Waals surface area contributed by atoms with Crippen LogP contribution >= 0.6 is 11.6 Å². The van der Waals surface area contributed by atoms with Crippen molar-refractivity contribution >= 4 is 22.5 Å². The highest BCUT2D eigenvalue weighted by molar-refractivity contribution is 6.18. The maximum atomic E-state index is 13.0. The Hall–Kier alpha value is -2.37. The van der Waals surface area contributed by atoms with Crippen molar-refractivity contribution in [1.29, 1.82) is 0 Å².